The van der Waals surface area contributed by atoms with E-state index in [2.05, 4.69) is 26.1 Å². The van der Waals surface area contributed by atoms with Crippen molar-refractivity contribution in [2.75, 3.05) is 5.32 Å². The number of nitrogens with two attached hydrogens (primary N) is 1. The van der Waals surface area contributed by atoms with Gasteiger partial charge >= 0.3 is 5.97 Å². The van der Waals surface area contributed by atoms with Gasteiger partial charge in [-0.1, -0.05) is 32.9 Å². The molecule has 0 radical (unpaired) electrons. The van der Waals surface area contributed by atoms with E-state index in [1.165, 1.54) is 19.1 Å². The first-order chi connectivity index (χ1) is 14.0. The van der Waals surface area contributed by atoms with Gasteiger partial charge in [0.15, 0.2) is 12.2 Å². The van der Waals surface area contributed by atoms with Crippen LogP contribution in [-0.4, -0.2) is 30.0 Å². The van der Waals surface area contributed by atoms with E-state index in [4.69, 9.17) is 15.2 Å². The zero-order valence-electron chi connectivity index (χ0n) is 17.9. The third-order valence-electron chi connectivity index (χ3n) is 4.46. The van der Waals surface area contributed by atoms with Gasteiger partial charge in [0.05, 0.1) is 0 Å². The number of anilines is 1. The van der Waals surface area contributed by atoms with Crippen LogP contribution in [0.15, 0.2) is 48.5 Å². The summed E-state index contributed by atoms with van der Waals surface area (Å²) in [7, 11) is 0. The molecule has 7 heteroatoms. The highest BCUT2D eigenvalue weighted by atomic mass is 16.6. The number of carbonyl (C=O) groups excluding carboxylic acids is 3. The lowest BCUT2D eigenvalue weighted by Crippen LogP contribution is -2.35. The predicted octanol–water partition coefficient (Wildman–Crippen LogP) is 3.42. The standard InChI is InChI=1S/C23H28N2O5/c1-14(21(27)25-18-10-6-16(7-11-18)20(24)26)30-22(28)15(2)29-19-12-8-17(9-13-19)23(3,4)5/h6-15H,1-5H3,(H2,24,26)(H,25,27)/t14-,15+/m1/s1. The molecule has 2 rings (SSSR count). The monoisotopic (exact) mass is 412 g/mol. The molecular weight excluding hydrogens is 384 g/mol. The minimum atomic E-state index is -1.03. The van der Waals surface area contributed by atoms with Gasteiger partial charge in [0.25, 0.3) is 5.91 Å². The van der Waals surface area contributed by atoms with Crippen molar-refractivity contribution >= 4 is 23.5 Å². The first-order valence-electron chi connectivity index (χ1n) is 9.66. The molecule has 2 amide bonds. The van der Waals surface area contributed by atoms with Gasteiger partial charge < -0.3 is 20.5 Å². The molecular formula is C23H28N2O5. The fourth-order valence-corrected chi connectivity index (χ4v) is 2.57. The van der Waals surface area contributed by atoms with E-state index in [9.17, 15) is 14.4 Å². The van der Waals surface area contributed by atoms with E-state index in [1.807, 2.05) is 12.1 Å². The molecule has 0 heterocycles. The van der Waals surface area contributed by atoms with Gasteiger partial charge in [-0.25, -0.2) is 4.79 Å². The molecule has 7 nitrogen and oxygen atoms in total. The largest absolute Gasteiger partial charge is 0.479 e. The summed E-state index contributed by atoms with van der Waals surface area (Å²) in [5.41, 5.74) is 7.14. The maximum absolute atomic E-state index is 12.3. The van der Waals surface area contributed by atoms with Gasteiger partial charge in [-0.15, -0.1) is 0 Å². The Morgan fingerprint density at radius 1 is 0.900 bits per heavy atom. The maximum atomic E-state index is 12.3. The van der Waals surface area contributed by atoms with Crippen molar-refractivity contribution in [1.82, 2.24) is 0 Å². The lowest BCUT2D eigenvalue weighted by Gasteiger charge is -2.20. The van der Waals surface area contributed by atoms with Crippen molar-refractivity contribution in [2.45, 2.75) is 52.2 Å². The molecule has 0 aliphatic carbocycles. The molecule has 0 unspecified atom stereocenters. The van der Waals surface area contributed by atoms with Crippen molar-refractivity contribution in [1.29, 1.82) is 0 Å². The average Bonchev–Trinajstić information content (AvgIpc) is 2.67. The summed E-state index contributed by atoms with van der Waals surface area (Å²) >= 11 is 0. The van der Waals surface area contributed by atoms with E-state index < -0.39 is 30.0 Å². The zero-order valence-corrected chi connectivity index (χ0v) is 17.9. The van der Waals surface area contributed by atoms with E-state index in [-0.39, 0.29) is 5.41 Å². The molecule has 0 saturated heterocycles. The molecule has 30 heavy (non-hydrogen) atoms. The second-order valence-electron chi connectivity index (χ2n) is 8.04. The molecule has 0 spiro atoms. The number of ether oxygens (including phenoxy) is 2. The summed E-state index contributed by atoms with van der Waals surface area (Å²) < 4.78 is 10.8. The second kappa shape index (κ2) is 9.43. The topological polar surface area (TPSA) is 108 Å². The number of hydrogen-bond donors (Lipinski definition) is 2. The predicted molar refractivity (Wildman–Crippen MR) is 114 cm³/mol. The summed E-state index contributed by atoms with van der Waals surface area (Å²) in [5, 5.41) is 2.61. The first kappa shape index (κ1) is 22.9. The molecule has 160 valence electrons. The molecule has 2 atom stereocenters. The number of amides is 2. The highest BCUT2D eigenvalue weighted by Gasteiger charge is 2.23. The number of nitrogens with one attached hydrogen (secondary N) is 1. The van der Waals surface area contributed by atoms with E-state index in [1.54, 1.807) is 31.2 Å². The SMILES string of the molecule is C[C@H](Oc1ccc(C(C)(C)C)cc1)C(=O)O[C@H](C)C(=O)Nc1ccc(C(N)=O)cc1. The Bertz CT molecular complexity index is 899. The Kier molecular flexibility index (Phi) is 7.21. The Morgan fingerprint density at radius 2 is 1.47 bits per heavy atom. The van der Waals surface area contributed by atoms with Crippen LogP contribution in [0.5, 0.6) is 5.75 Å². The second-order valence-corrected chi connectivity index (χ2v) is 8.04. The van der Waals surface area contributed by atoms with E-state index in [0.717, 1.165) is 5.56 Å². The summed E-state index contributed by atoms with van der Waals surface area (Å²) in [5.74, 6) is -1.17. The maximum Gasteiger partial charge on any atom is 0.347 e. The lowest BCUT2D eigenvalue weighted by molar-refractivity contribution is -0.159. The molecule has 0 fully saturated rings. The fraction of sp³-hybridized carbons (Fsp3) is 0.348. The van der Waals surface area contributed by atoms with E-state index >= 15 is 0 Å². The van der Waals surface area contributed by atoms with Crippen LogP contribution < -0.4 is 15.8 Å². The average molecular weight is 412 g/mol. The third-order valence-corrected chi connectivity index (χ3v) is 4.46. The third kappa shape index (κ3) is 6.34. The zero-order chi connectivity index (χ0) is 22.5. The van der Waals surface area contributed by atoms with Crippen molar-refractivity contribution in [2.24, 2.45) is 5.73 Å². The quantitative estimate of drug-likeness (QED) is 0.678. The molecule has 2 aromatic rings. The van der Waals surface area contributed by atoms with Gasteiger partial charge in [0.1, 0.15) is 5.75 Å². The minimum absolute atomic E-state index is 0.0199. The minimum Gasteiger partial charge on any atom is -0.479 e. The highest BCUT2D eigenvalue weighted by molar-refractivity contribution is 5.96. The summed E-state index contributed by atoms with van der Waals surface area (Å²) in [6, 6.07) is 13.6. The lowest BCUT2D eigenvalue weighted by atomic mass is 9.87. The fourth-order valence-electron chi connectivity index (χ4n) is 2.57. The normalized spacial score (nSPS) is 13.1. The van der Waals surface area contributed by atoms with Crippen LogP contribution >= 0.6 is 0 Å². The number of rotatable bonds is 7. The Balaban J connectivity index is 1.89. The number of hydrogen-bond acceptors (Lipinski definition) is 5. The van der Waals surface area contributed by atoms with Gasteiger partial charge in [-0.2, -0.15) is 0 Å². The number of benzene rings is 2. The molecule has 2 aromatic carbocycles. The van der Waals surface area contributed by atoms with Gasteiger partial charge in [0.2, 0.25) is 5.91 Å². The Labute approximate surface area is 176 Å². The van der Waals surface area contributed by atoms with Crippen molar-refractivity contribution < 1.29 is 23.9 Å². The van der Waals surface area contributed by atoms with Crippen LogP contribution in [0.3, 0.4) is 0 Å². The van der Waals surface area contributed by atoms with Crippen LogP contribution in [0.25, 0.3) is 0 Å². The van der Waals surface area contributed by atoms with Crippen LogP contribution in [0, 0.1) is 0 Å². The molecule has 0 saturated carbocycles. The van der Waals surface area contributed by atoms with Gasteiger partial charge in [-0.3, -0.25) is 9.59 Å². The Hall–Kier alpha value is -3.35. The highest BCUT2D eigenvalue weighted by Crippen LogP contribution is 2.24. The Morgan fingerprint density at radius 3 is 1.97 bits per heavy atom. The number of primary amides is 1. The van der Waals surface area contributed by atoms with Crippen LogP contribution in [-0.2, 0) is 19.7 Å². The van der Waals surface area contributed by atoms with Crippen LogP contribution in [0.4, 0.5) is 5.69 Å². The van der Waals surface area contributed by atoms with Crippen LogP contribution in [0.2, 0.25) is 0 Å². The number of carbonyl (C=O) groups is 3. The van der Waals surface area contributed by atoms with Crippen molar-refractivity contribution in [3.8, 4) is 5.75 Å². The summed E-state index contributed by atoms with van der Waals surface area (Å²) in [4.78, 5) is 35.6. The summed E-state index contributed by atoms with van der Waals surface area (Å²) in [6.07, 6.45) is -1.90. The smallest absolute Gasteiger partial charge is 0.347 e. The van der Waals surface area contributed by atoms with Crippen LogP contribution in [0.1, 0.15) is 50.5 Å². The van der Waals surface area contributed by atoms with Gasteiger partial charge in [0, 0.05) is 11.3 Å². The summed E-state index contributed by atoms with van der Waals surface area (Å²) in [6.45, 7) is 9.37. The molecule has 0 aromatic heterocycles. The van der Waals surface area contributed by atoms with E-state index in [0.29, 0.717) is 17.0 Å². The van der Waals surface area contributed by atoms with Gasteiger partial charge in [-0.05, 0) is 61.2 Å². The number of esters is 1. The first-order valence-corrected chi connectivity index (χ1v) is 9.66. The van der Waals surface area contributed by atoms with Crippen molar-refractivity contribution in [3.63, 3.8) is 0 Å². The molecule has 0 bridgehead atoms. The molecule has 0 aliphatic rings. The molecule has 3 N–H and O–H groups in total. The van der Waals surface area contributed by atoms with Crippen molar-refractivity contribution in [3.05, 3.63) is 59.7 Å². The molecule has 0 aliphatic heterocycles.